The predicted molar refractivity (Wildman–Crippen MR) is 69.0 cm³/mol. The number of nitro groups is 1. The van der Waals surface area contributed by atoms with Crippen LogP contribution in [0.4, 0.5) is 11.4 Å². The van der Waals surface area contributed by atoms with Gasteiger partial charge in [0, 0.05) is 17.3 Å². The number of nitro benzene ring substituents is 1. The lowest BCUT2D eigenvalue weighted by Crippen LogP contribution is -2.17. The van der Waals surface area contributed by atoms with Crippen molar-refractivity contribution in [2.45, 2.75) is 32.7 Å². The van der Waals surface area contributed by atoms with Crippen molar-refractivity contribution >= 4 is 11.4 Å². The normalized spacial score (nSPS) is 11.6. The summed E-state index contributed by atoms with van der Waals surface area (Å²) in [5.74, 6) is 2.65. The molecule has 0 spiro atoms. The maximum atomic E-state index is 10.8. The van der Waals surface area contributed by atoms with Gasteiger partial charge in [0.05, 0.1) is 11.0 Å². The van der Waals surface area contributed by atoms with Crippen molar-refractivity contribution in [1.82, 2.24) is 0 Å². The Labute approximate surface area is 101 Å². The van der Waals surface area contributed by atoms with E-state index >= 15 is 0 Å². The van der Waals surface area contributed by atoms with E-state index in [1.54, 1.807) is 13.0 Å². The van der Waals surface area contributed by atoms with Crippen LogP contribution < -0.4 is 5.32 Å². The smallest absolute Gasteiger partial charge is 0.274 e. The molecule has 0 heterocycles. The molecule has 1 aromatic carbocycles. The standard InChI is InChI=1S/C13H16N2O2/c1-4-7-11(5-2)14-12-8-6-9-13(10(12)3)15(16)17/h2,6,8-9,11,14H,4,7H2,1,3H3. The Bertz CT molecular complexity index is 449. The summed E-state index contributed by atoms with van der Waals surface area (Å²) in [4.78, 5) is 10.4. The van der Waals surface area contributed by atoms with Crippen molar-refractivity contribution in [2.75, 3.05) is 5.32 Å². The molecule has 17 heavy (non-hydrogen) atoms. The van der Waals surface area contributed by atoms with Crippen LogP contribution in [0, 0.1) is 29.4 Å². The lowest BCUT2D eigenvalue weighted by atomic mass is 10.1. The molecule has 1 aromatic rings. The molecule has 1 atom stereocenters. The molecule has 0 saturated carbocycles. The summed E-state index contributed by atoms with van der Waals surface area (Å²) in [6, 6.07) is 4.88. The Balaban J connectivity index is 2.96. The van der Waals surface area contributed by atoms with E-state index in [0.717, 1.165) is 18.5 Å². The summed E-state index contributed by atoms with van der Waals surface area (Å²) in [6.07, 6.45) is 7.22. The van der Waals surface area contributed by atoms with Gasteiger partial charge in [0.1, 0.15) is 0 Å². The van der Waals surface area contributed by atoms with Crippen molar-refractivity contribution in [1.29, 1.82) is 0 Å². The molecule has 0 aromatic heterocycles. The molecule has 4 nitrogen and oxygen atoms in total. The number of hydrogen-bond donors (Lipinski definition) is 1. The molecule has 1 unspecified atom stereocenters. The van der Waals surface area contributed by atoms with Crippen molar-refractivity contribution in [3.8, 4) is 12.3 Å². The largest absolute Gasteiger partial charge is 0.371 e. The van der Waals surface area contributed by atoms with Gasteiger partial charge in [0.25, 0.3) is 5.69 Å². The van der Waals surface area contributed by atoms with E-state index in [9.17, 15) is 10.1 Å². The second-order valence-electron chi connectivity index (χ2n) is 3.86. The molecule has 4 heteroatoms. The Morgan fingerprint density at radius 3 is 2.82 bits per heavy atom. The third-order valence-electron chi connectivity index (χ3n) is 2.61. The summed E-state index contributed by atoms with van der Waals surface area (Å²) < 4.78 is 0. The summed E-state index contributed by atoms with van der Waals surface area (Å²) >= 11 is 0. The lowest BCUT2D eigenvalue weighted by Gasteiger charge is -2.15. The van der Waals surface area contributed by atoms with Gasteiger partial charge in [0.15, 0.2) is 0 Å². The molecule has 0 radical (unpaired) electrons. The molecule has 0 saturated heterocycles. The third kappa shape index (κ3) is 3.22. The van der Waals surface area contributed by atoms with Gasteiger partial charge in [-0.05, 0) is 19.4 Å². The third-order valence-corrected chi connectivity index (χ3v) is 2.61. The van der Waals surface area contributed by atoms with Gasteiger partial charge in [-0.25, -0.2) is 0 Å². The molecule has 1 N–H and O–H groups in total. The SMILES string of the molecule is C#CC(CCC)Nc1cccc([N+](=O)[O-])c1C. The molecule has 0 bridgehead atoms. The molecule has 0 aliphatic rings. The quantitative estimate of drug-likeness (QED) is 0.482. The highest BCUT2D eigenvalue weighted by Gasteiger charge is 2.14. The number of terminal acetylenes is 1. The minimum atomic E-state index is -0.384. The highest BCUT2D eigenvalue weighted by molar-refractivity contribution is 5.60. The van der Waals surface area contributed by atoms with Crippen LogP contribution in [0.3, 0.4) is 0 Å². The Kier molecular flexibility index (Phi) is 4.53. The summed E-state index contributed by atoms with van der Waals surface area (Å²) in [5, 5.41) is 13.9. The van der Waals surface area contributed by atoms with Crippen LogP contribution in [0.25, 0.3) is 0 Å². The van der Waals surface area contributed by atoms with E-state index in [2.05, 4.69) is 11.2 Å². The van der Waals surface area contributed by atoms with Gasteiger partial charge >= 0.3 is 0 Å². The van der Waals surface area contributed by atoms with E-state index in [4.69, 9.17) is 6.42 Å². The lowest BCUT2D eigenvalue weighted by molar-refractivity contribution is -0.385. The van der Waals surface area contributed by atoms with E-state index in [0.29, 0.717) is 5.56 Å². The van der Waals surface area contributed by atoms with Crippen molar-refractivity contribution in [3.05, 3.63) is 33.9 Å². The molecule has 90 valence electrons. The van der Waals surface area contributed by atoms with Crippen LogP contribution in [0.5, 0.6) is 0 Å². The van der Waals surface area contributed by atoms with E-state index in [1.807, 2.05) is 13.0 Å². The number of hydrogen-bond acceptors (Lipinski definition) is 3. The molecule has 0 fully saturated rings. The Morgan fingerprint density at radius 2 is 2.29 bits per heavy atom. The Morgan fingerprint density at radius 1 is 1.59 bits per heavy atom. The summed E-state index contributed by atoms with van der Waals surface area (Å²) in [6.45, 7) is 3.77. The minimum absolute atomic E-state index is 0.0827. The highest BCUT2D eigenvalue weighted by Crippen LogP contribution is 2.25. The first-order valence-corrected chi connectivity index (χ1v) is 5.56. The van der Waals surface area contributed by atoms with Gasteiger partial charge in [0.2, 0.25) is 0 Å². The molecule has 0 amide bonds. The van der Waals surface area contributed by atoms with Gasteiger partial charge < -0.3 is 5.32 Å². The first-order valence-electron chi connectivity index (χ1n) is 5.56. The topological polar surface area (TPSA) is 55.2 Å². The van der Waals surface area contributed by atoms with Gasteiger partial charge in [-0.15, -0.1) is 6.42 Å². The van der Waals surface area contributed by atoms with Crippen LogP contribution in [0.1, 0.15) is 25.3 Å². The van der Waals surface area contributed by atoms with Gasteiger partial charge in [-0.2, -0.15) is 0 Å². The first-order chi connectivity index (χ1) is 8.10. The van der Waals surface area contributed by atoms with Crippen molar-refractivity contribution < 1.29 is 4.92 Å². The Hall–Kier alpha value is -2.02. The van der Waals surface area contributed by atoms with Crippen molar-refractivity contribution in [2.24, 2.45) is 0 Å². The minimum Gasteiger partial charge on any atom is -0.371 e. The second-order valence-corrected chi connectivity index (χ2v) is 3.86. The zero-order valence-corrected chi connectivity index (χ0v) is 10.1. The van der Waals surface area contributed by atoms with E-state index < -0.39 is 0 Å². The van der Waals surface area contributed by atoms with Crippen LogP contribution >= 0.6 is 0 Å². The van der Waals surface area contributed by atoms with Gasteiger partial charge in [-0.1, -0.05) is 25.3 Å². The molecular formula is C13H16N2O2. The average molecular weight is 232 g/mol. The zero-order chi connectivity index (χ0) is 12.8. The molecule has 0 aliphatic carbocycles. The fourth-order valence-electron chi connectivity index (χ4n) is 1.65. The monoisotopic (exact) mass is 232 g/mol. The fraction of sp³-hybridized carbons (Fsp3) is 0.385. The molecule has 0 aliphatic heterocycles. The fourth-order valence-corrected chi connectivity index (χ4v) is 1.65. The van der Waals surface area contributed by atoms with Crippen LogP contribution in [-0.2, 0) is 0 Å². The van der Waals surface area contributed by atoms with E-state index in [-0.39, 0.29) is 16.7 Å². The average Bonchev–Trinajstić information content (AvgIpc) is 2.30. The molecular weight excluding hydrogens is 216 g/mol. The van der Waals surface area contributed by atoms with Crippen LogP contribution in [0.2, 0.25) is 0 Å². The zero-order valence-electron chi connectivity index (χ0n) is 10.1. The van der Waals surface area contributed by atoms with E-state index in [1.165, 1.54) is 6.07 Å². The highest BCUT2D eigenvalue weighted by atomic mass is 16.6. The van der Waals surface area contributed by atoms with Crippen molar-refractivity contribution in [3.63, 3.8) is 0 Å². The molecule has 1 rings (SSSR count). The maximum absolute atomic E-state index is 10.8. The number of nitrogens with one attached hydrogen (secondary N) is 1. The number of rotatable bonds is 5. The summed E-state index contributed by atoms with van der Waals surface area (Å²) in [5.41, 5.74) is 1.46. The number of nitrogens with zero attached hydrogens (tertiary/aromatic N) is 1. The van der Waals surface area contributed by atoms with Crippen LogP contribution in [0.15, 0.2) is 18.2 Å². The first kappa shape index (κ1) is 13.0. The maximum Gasteiger partial charge on any atom is 0.274 e. The number of anilines is 1. The second kappa shape index (κ2) is 5.90. The number of benzene rings is 1. The van der Waals surface area contributed by atoms with Gasteiger partial charge in [-0.3, -0.25) is 10.1 Å². The summed E-state index contributed by atoms with van der Waals surface area (Å²) in [7, 11) is 0. The predicted octanol–water partition coefficient (Wildman–Crippen LogP) is 3.12. The van der Waals surface area contributed by atoms with Crippen LogP contribution in [-0.4, -0.2) is 11.0 Å².